The zero-order valence-corrected chi connectivity index (χ0v) is 20.0. The molecule has 0 N–H and O–H groups in total. The number of rotatable bonds is 6. The molecule has 174 valence electrons. The summed E-state index contributed by atoms with van der Waals surface area (Å²) in [4.78, 5) is 32.5. The summed E-state index contributed by atoms with van der Waals surface area (Å²) in [6.07, 6.45) is 0. The van der Waals surface area contributed by atoms with Gasteiger partial charge in [0.15, 0.2) is 5.71 Å². The maximum Gasteiger partial charge on any atom is 0.338 e. The molecule has 0 saturated heterocycles. The molecule has 0 fully saturated rings. The molecule has 0 spiro atoms. The molecule has 6 nitrogen and oxygen atoms in total. The van der Waals surface area contributed by atoms with Gasteiger partial charge in [-0.2, -0.15) is 0 Å². The molecule has 0 saturated carbocycles. The van der Waals surface area contributed by atoms with Crippen LogP contribution in [0.2, 0.25) is 5.02 Å². The molecule has 0 atom stereocenters. The summed E-state index contributed by atoms with van der Waals surface area (Å²) in [7, 11) is 0. The lowest BCUT2D eigenvalue weighted by molar-refractivity contribution is -0.112. The van der Waals surface area contributed by atoms with Gasteiger partial charge in [-0.1, -0.05) is 59.2 Å². The Morgan fingerprint density at radius 1 is 0.941 bits per heavy atom. The second kappa shape index (κ2) is 9.69. The van der Waals surface area contributed by atoms with Crippen molar-refractivity contribution >= 4 is 34.9 Å². The maximum atomic E-state index is 13.1. The Balaban J connectivity index is 1.45. The fourth-order valence-corrected chi connectivity index (χ4v) is 3.65. The number of amides is 1. The predicted molar refractivity (Wildman–Crippen MR) is 132 cm³/mol. The zero-order chi connectivity index (χ0) is 24.3. The van der Waals surface area contributed by atoms with Crippen LogP contribution in [0.25, 0.3) is 0 Å². The summed E-state index contributed by atoms with van der Waals surface area (Å²) in [6, 6.07) is 21.8. The Kier molecular flexibility index (Phi) is 6.70. The Labute approximate surface area is 203 Å². The summed E-state index contributed by atoms with van der Waals surface area (Å²) in [5.74, 6) is -0.606. The third-order valence-electron chi connectivity index (χ3n) is 5.13. The third-order valence-corrected chi connectivity index (χ3v) is 5.38. The molecule has 34 heavy (non-hydrogen) atoms. The van der Waals surface area contributed by atoms with E-state index in [1.165, 1.54) is 0 Å². The van der Waals surface area contributed by atoms with Crippen molar-refractivity contribution in [3.05, 3.63) is 100 Å². The molecule has 0 unspecified atom stereocenters. The number of hydrogen-bond donors (Lipinski definition) is 0. The van der Waals surface area contributed by atoms with Crippen molar-refractivity contribution in [3.63, 3.8) is 0 Å². The highest BCUT2D eigenvalue weighted by Crippen LogP contribution is 2.31. The van der Waals surface area contributed by atoms with E-state index in [4.69, 9.17) is 21.2 Å². The molecule has 0 bridgehead atoms. The van der Waals surface area contributed by atoms with Gasteiger partial charge in [0.2, 0.25) is 0 Å². The number of fused-ring (bicyclic) bond motifs is 1. The molecule has 4 rings (SSSR count). The number of nitrogens with zero attached hydrogens (tertiary/aromatic N) is 2. The van der Waals surface area contributed by atoms with E-state index in [0.717, 1.165) is 22.4 Å². The number of hydrogen-bond acceptors (Lipinski definition) is 5. The van der Waals surface area contributed by atoms with Crippen molar-refractivity contribution in [3.8, 4) is 0 Å². The van der Waals surface area contributed by atoms with Gasteiger partial charge in [0, 0.05) is 10.6 Å². The van der Waals surface area contributed by atoms with Crippen molar-refractivity contribution in [2.75, 3.05) is 4.90 Å². The highest BCUT2D eigenvalue weighted by molar-refractivity contribution is 6.54. The van der Waals surface area contributed by atoms with Gasteiger partial charge in [0.05, 0.1) is 17.8 Å². The molecule has 7 heteroatoms. The standard InChI is InChI=1S/C27H25ClN2O4/c1-27(2,3)34-26(32)20-12-8-19(9-13-20)17-33-29-24-22-6-4-5-7-23(22)30(25(24)31)16-18-10-14-21(28)15-11-18/h4-15H,16-17H2,1-3H3/b29-24-. The number of benzene rings is 3. The van der Waals surface area contributed by atoms with E-state index in [0.29, 0.717) is 17.1 Å². The summed E-state index contributed by atoms with van der Waals surface area (Å²) in [5.41, 5.74) is 3.44. The lowest BCUT2D eigenvalue weighted by Crippen LogP contribution is -2.29. The Hall–Kier alpha value is -3.64. The fraction of sp³-hybridized carbons (Fsp3) is 0.222. The Morgan fingerprint density at radius 2 is 1.59 bits per heavy atom. The molecule has 1 aliphatic heterocycles. The molecule has 3 aromatic rings. The number of anilines is 1. The lowest BCUT2D eigenvalue weighted by atomic mass is 10.1. The number of ether oxygens (including phenoxy) is 1. The summed E-state index contributed by atoms with van der Waals surface area (Å²) in [5, 5.41) is 4.81. The molecule has 1 amide bonds. The van der Waals surface area contributed by atoms with Gasteiger partial charge in [0.25, 0.3) is 5.91 Å². The smallest absolute Gasteiger partial charge is 0.338 e. The van der Waals surface area contributed by atoms with E-state index in [1.54, 1.807) is 41.3 Å². The van der Waals surface area contributed by atoms with Gasteiger partial charge in [-0.25, -0.2) is 4.79 Å². The monoisotopic (exact) mass is 476 g/mol. The maximum absolute atomic E-state index is 13.1. The van der Waals surface area contributed by atoms with Crippen LogP contribution in [-0.4, -0.2) is 23.2 Å². The van der Waals surface area contributed by atoms with Crippen molar-refractivity contribution in [2.24, 2.45) is 5.16 Å². The average Bonchev–Trinajstić information content (AvgIpc) is 3.06. The van der Waals surface area contributed by atoms with E-state index in [2.05, 4.69) is 5.16 Å². The zero-order valence-electron chi connectivity index (χ0n) is 19.2. The van der Waals surface area contributed by atoms with Crippen molar-refractivity contribution in [1.82, 2.24) is 0 Å². The molecular formula is C27H25ClN2O4. The highest BCUT2D eigenvalue weighted by Gasteiger charge is 2.34. The van der Waals surface area contributed by atoms with Crippen LogP contribution >= 0.6 is 11.6 Å². The van der Waals surface area contributed by atoms with Gasteiger partial charge >= 0.3 is 5.97 Å². The van der Waals surface area contributed by atoms with Crippen LogP contribution in [0.3, 0.4) is 0 Å². The largest absolute Gasteiger partial charge is 0.456 e. The fourth-order valence-electron chi connectivity index (χ4n) is 3.52. The summed E-state index contributed by atoms with van der Waals surface area (Å²) >= 11 is 5.98. The quantitative estimate of drug-likeness (QED) is 0.335. The number of oxime groups is 1. The Bertz CT molecular complexity index is 1230. The second-order valence-corrected chi connectivity index (χ2v) is 9.38. The van der Waals surface area contributed by atoms with Gasteiger partial charge in [-0.15, -0.1) is 0 Å². The first kappa shape index (κ1) is 23.5. The minimum absolute atomic E-state index is 0.157. The first-order chi connectivity index (χ1) is 16.2. The Morgan fingerprint density at radius 3 is 2.26 bits per heavy atom. The van der Waals surface area contributed by atoms with Crippen LogP contribution in [0.1, 0.15) is 47.8 Å². The van der Waals surface area contributed by atoms with Gasteiger partial charge < -0.3 is 14.5 Å². The highest BCUT2D eigenvalue weighted by atomic mass is 35.5. The minimum Gasteiger partial charge on any atom is -0.456 e. The van der Waals surface area contributed by atoms with Crippen LogP contribution in [-0.2, 0) is 27.5 Å². The topological polar surface area (TPSA) is 68.2 Å². The first-order valence-corrected chi connectivity index (χ1v) is 11.3. The average molecular weight is 477 g/mol. The number of carbonyl (C=O) groups is 2. The van der Waals surface area contributed by atoms with Crippen LogP contribution in [0, 0.1) is 0 Å². The number of esters is 1. The van der Waals surface area contributed by atoms with Crippen molar-refractivity contribution in [2.45, 2.75) is 39.5 Å². The second-order valence-electron chi connectivity index (χ2n) is 8.95. The normalized spacial score (nSPS) is 14.3. The summed E-state index contributed by atoms with van der Waals surface area (Å²) < 4.78 is 5.38. The molecule has 3 aromatic carbocycles. The number of para-hydroxylation sites is 1. The van der Waals surface area contributed by atoms with Gasteiger partial charge in [-0.05, 0) is 62.2 Å². The van der Waals surface area contributed by atoms with Crippen molar-refractivity contribution in [1.29, 1.82) is 0 Å². The van der Waals surface area contributed by atoms with Crippen LogP contribution in [0.5, 0.6) is 0 Å². The van der Waals surface area contributed by atoms with Crippen LogP contribution in [0.15, 0.2) is 78.0 Å². The number of halogens is 1. The minimum atomic E-state index is -0.555. The SMILES string of the molecule is CC(C)(C)OC(=O)c1ccc(CO/N=C2\C(=O)N(Cc3ccc(Cl)cc3)c3ccccc32)cc1. The van der Waals surface area contributed by atoms with E-state index in [1.807, 2.05) is 57.2 Å². The van der Waals surface area contributed by atoms with E-state index >= 15 is 0 Å². The number of carbonyl (C=O) groups excluding carboxylic acids is 2. The van der Waals surface area contributed by atoms with Gasteiger partial charge in [-0.3, -0.25) is 4.79 Å². The lowest BCUT2D eigenvalue weighted by Gasteiger charge is -2.19. The van der Waals surface area contributed by atoms with Crippen LogP contribution in [0.4, 0.5) is 5.69 Å². The molecular weight excluding hydrogens is 452 g/mol. The van der Waals surface area contributed by atoms with E-state index in [9.17, 15) is 9.59 Å². The van der Waals surface area contributed by atoms with E-state index in [-0.39, 0.29) is 24.2 Å². The first-order valence-electron chi connectivity index (χ1n) is 10.9. The summed E-state index contributed by atoms with van der Waals surface area (Å²) in [6.45, 7) is 6.03. The van der Waals surface area contributed by atoms with Crippen molar-refractivity contribution < 1.29 is 19.2 Å². The van der Waals surface area contributed by atoms with E-state index < -0.39 is 5.60 Å². The van der Waals surface area contributed by atoms with Gasteiger partial charge in [0.1, 0.15) is 12.2 Å². The molecule has 1 heterocycles. The van der Waals surface area contributed by atoms with Crippen LogP contribution < -0.4 is 4.90 Å². The molecule has 0 aliphatic carbocycles. The predicted octanol–water partition coefficient (Wildman–Crippen LogP) is 5.76. The molecule has 1 aliphatic rings. The molecule has 0 aromatic heterocycles. The third kappa shape index (κ3) is 5.46. The molecule has 0 radical (unpaired) electrons.